The molecule has 0 radical (unpaired) electrons. The molecule has 0 amide bonds. The van der Waals surface area contributed by atoms with Gasteiger partial charge in [-0.25, -0.2) is 0 Å². The molecule has 4 aliphatic carbocycles. The van der Waals surface area contributed by atoms with Gasteiger partial charge in [0.2, 0.25) is 0 Å². The van der Waals surface area contributed by atoms with Crippen LogP contribution in [0.5, 0.6) is 0 Å². The van der Waals surface area contributed by atoms with Crippen LogP contribution in [0.3, 0.4) is 0 Å². The largest absolute Gasteiger partial charge is 0.463 e. The lowest BCUT2D eigenvalue weighted by Crippen LogP contribution is -2.54. The van der Waals surface area contributed by atoms with E-state index >= 15 is 0 Å². The average Bonchev–Trinajstić information content (AvgIpc) is 3.03. The Morgan fingerprint density at radius 2 is 1.53 bits per heavy atom. The van der Waals surface area contributed by atoms with Gasteiger partial charge < -0.3 is 9.47 Å². The van der Waals surface area contributed by atoms with E-state index in [-0.39, 0.29) is 41.8 Å². The summed E-state index contributed by atoms with van der Waals surface area (Å²) >= 11 is 0. The number of ether oxygens (including phenoxy) is 2. The van der Waals surface area contributed by atoms with E-state index in [2.05, 4.69) is 13.8 Å². The lowest BCUT2D eigenvalue weighted by molar-refractivity contribution is -0.161. The number of Topliss-reactive ketones (excluding diaryl/α,β-unsaturated/α-hetero) is 1. The third kappa shape index (κ3) is 3.60. The highest BCUT2D eigenvalue weighted by Crippen LogP contribution is 2.67. The zero-order valence-corrected chi connectivity index (χ0v) is 19.1. The van der Waals surface area contributed by atoms with Crippen LogP contribution >= 0.6 is 0 Å². The number of carbonyl (C=O) groups is 3. The molecule has 4 aliphatic rings. The molecule has 4 rings (SSSR count). The standard InChI is InChI=1S/C25H38O5/c1-15(26)29-14-23(28)22-8-7-20-19-6-5-17-13-18(30-16(2)27)9-11-24(17,3)21(19)10-12-25(20,22)4/h17-22H,5-14H2,1-4H3/t17-,18-,19+,20+,21+,22-,24+,25+/m1/s1. The van der Waals surface area contributed by atoms with Crippen LogP contribution in [0.25, 0.3) is 0 Å². The minimum atomic E-state index is -0.373. The Morgan fingerprint density at radius 3 is 2.23 bits per heavy atom. The summed E-state index contributed by atoms with van der Waals surface area (Å²) in [6.45, 7) is 7.66. The fraction of sp³-hybridized carbons (Fsp3) is 0.880. The number of carbonyl (C=O) groups excluding carboxylic acids is 3. The topological polar surface area (TPSA) is 69.7 Å². The van der Waals surface area contributed by atoms with Crippen molar-refractivity contribution >= 4 is 17.7 Å². The fourth-order valence-electron chi connectivity index (χ4n) is 8.36. The van der Waals surface area contributed by atoms with Crippen molar-refractivity contribution in [2.24, 2.45) is 40.4 Å². The number of rotatable bonds is 4. The highest BCUT2D eigenvalue weighted by Gasteiger charge is 2.61. The smallest absolute Gasteiger partial charge is 0.303 e. The van der Waals surface area contributed by atoms with Crippen molar-refractivity contribution < 1.29 is 23.9 Å². The summed E-state index contributed by atoms with van der Waals surface area (Å²) < 4.78 is 10.6. The van der Waals surface area contributed by atoms with Gasteiger partial charge in [0.1, 0.15) is 12.7 Å². The molecule has 0 spiro atoms. The molecular formula is C25H38O5. The van der Waals surface area contributed by atoms with Crippen LogP contribution in [-0.2, 0) is 23.9 Å². The van der Waals surface area contributed by atoms with Gasteiger partial charge in [-0.3, -0.25) is 14.4 Å². The maximum Gasteiger partial charge on any atom is 0.303 e. The van der Waals surface area contributed by atoms with Crippen molar-refractivity contribution in [2.75, 3.05) is 6.61 Å². The first-order valence-corrected chi connectivity index (χ1v) is 12.0. The van der Waals surface area contributed by atoms with Gasteiger partial charge in [0.05, 0.1) is 0 Å². The minimum Gasteiger partial charge on any atom is -0.463 e. The van der Waals surface area contributed by atoms with Crippen LogP contribution in [0.4, 0.5) is 0 Å². The molecule has 0 aromatic heterocycles. The van der Waals surface area contributed by atoms with Crippen molar-refractivity contribution in [3.05, 3.63) is 0 Å². The molecule has 0 bridgehead atoms. The second-order valence-corrected chi connectivity index (χ2v) is 11.1. The number of fused-ring (bicyclic) bond motifs is 5. The molecule has 0 N–H and O–H groups in total. The van der Waals surface area contributed by atoms with E-state index in [4.69, 9.17) is 9.47 Å². The average molecular weight is 419 g/mol. The normalized spacial score (nSPS) is 44.9. The van der Waals surface area contributed by atoms with Gasteiger partial charge in [0.25, 0.3) is 0 Å². The van der Waals surface area contributed by atoms with Crippen molar-refractivity contribution in [1.29, 1.82) is 0 Å². The van der Waals surface area contributed by atoms with E-state index in [1.807, 2.05) is 0 Å². The van der Waals surface area contributed by atoms with E-state index in [9.17, 15) is 14.4 Å². The van der Waals surface area contributed by atoms with Crippen LogP contribution in [-0.4, -0.2) is 30.4 Å². The molecule has 0 heterocycles. The van der Waals surface area contributed by atoms with Crippen molar-refractivity contribution in [3.8, 4) is 0 Å². The van der Waals surface area contributed by atoms with Crippen molar-refractivity contribution in [3.63, 3.8) is 0 Å². The Bertz CT molecular complexity index is 716. The monoisotopic (exact) mass is 418 g/mol. The molecule has 0 aromatic rings. The summed E-state index contributed by atoms with van der Waals surface area (Å²) in [6, 6.07) is 0. The zero-order chi connectivity index (χ0) is 21.7. The van der Waals surface area contributed by atoms with Gasteiger partial charge in [-0.2, -0.15) is 0 Å². The molecule has 0 saturated heterocycles. The number of hydrogen-bond acceptors (Lipinski definition) is 5. The van der Waals surface area contributed by atoms with Crippen molar-refractivity contribution in [1.82, 2.24) is 0 Å². The van der Waals surface area contributed by atoms with E-state index in [0.29, 0.717) is 23.2 Å². The number of hydrogen-bond donors (Lipinski definition) is 0. The fourth-order valence-corrected chi connectivity index (χ4v) is 8.36. The van der Waals surface area contributed by atoms with Crippen LogP contribution in [0.1, 0.15) is 85.5 Å². The summed E-state index contributed by atoms with van der Waals surface area (Å²) in [5.41, 5.74) is 0.386. The molecule has 5 heteroatoms. The number of esters is 2. The maximum absolute atomic E-state index is 12.9. The maximum atomic E-state index is 12.9. The lowest BCUT2D eigenvalue weighted by Gasteiger charge is -2.61. The predicted octanol–water partition coefficient (Wildman–Crippen LogP) is 4.71. The van der Waals surface area contributed by atoms with Crippen LogP contribution < -0.4 is 0 Å². The zero-order valence-electron chi connectivity index (χ0n) is 19.1. The second-order valence-electron chi connectivity index (χ2n) is 11.1. The quantitative estimate of drug-likeness (QED) is 0.619. The molecule has 8 atom stereocenters. The molecule has 5 nitrogen and oxygen atoms in total. The van der Waals surface area contributed by atoms with E-state index in [1.54, 1.807) is 0 Å². The Balaban J connectivity index is 1.48. The van der Waals surface area contributed by atoms with Gasteiger partial charge in [-0.15, -0.1) is 0 Å². The third-order valence-corrected chi connectivity index (χ3v) is 9.76. The van der Waals surface area contributed by atoms with Crippen molar-refractivity contribution in [2.45, 2.75) is 91.6 Å². The van der Waals surface area contributed by atoms with Crippen LogP contribution in [0, 0.1) is 40.4 Å². The molecular weight excluding hydrogens is 380 g/mol. The molecule has 0 aliphatic heterocycles. The third-order valence-electron chi connectivity index (χ3n) is 9.76. The summed E-state index contributed by atoms with van der Waals surface area (Å²) in [5.74, 6) is 2.29. The Morgan fingerprint density at radius 1 is 0.833 bits per heavy atom. The first-order valence-electron chi connectivity index (χ1n) is 12.0. The van der Waals surface area contributed by atoms with Gasteiger partial charge in [0, 0.05) is 19.8 Å². The molecule has 30 heavy (non-hydrogen) atoms. The van der Waals surface area contributed by atoms with Gasteiger partial charge in [-0.05, 0) is 92.3 Å². The van der Waals surface area contributed by atoms with Gasteiger partial charge in [0.15, 0.2) is 5.78 Å². The van der Waals surface area contributed by atoms with E-state index in [1.165, 1.54) is 33.1 Å². The summed E-state index contributed by atoms with van der Waals surface area (Å²) in [4.78, 5) is 35.5. The summed E-state index contributed by atoms with van der Waals surface area (Å²) in [5, 5.41) is 0. The second kappa shape index (κ2) is 7.94. The summed E-state index contributed by atoms with van der Waals surface area (Å²) in [6.07, 6.45) is 10.1. The first kappa shape index (κ1) is 21.8. The molecule has 4 saturated carbocycles. The number of ketones is 1. The molecule has 168 valence electrons. The van der Waals surface area contributed by atoms with Gasteiger partial charge in [-0.1, -0.05) is 13.8 Å². The molecule has 4 fully saturated rings. The van der Waals surface area contributed by atoms with Gasteiger partial charge >= 0.3 is 11.9 Å². The lowest BCUT2D eigenvalue weighted by atomic mass is 9.44. The highest BCUT2D eigenvalue weighted by atomic mass is 16.5. The first-order chi connectivity index (χ1) is 14.1. The highest BCUT2D eigenvalue weighted by molar-refractivity contribution is 5.85. The Hall–Kier alpha value is -1.39. The van der Waals surface area contributed by atoms with Crippen LogP contribution in [0.15, 0.2) is 0 Å². The Labute approximate surface area is 180 Å². The Kier molecular flexibility index (Phi) is 5.78. The summed E-state index contributed by atoms with van der Waals surface area (Å²) in [7, 11) is 0. The van der Waals surface area contributed by atoms with E-state index in [0.717, 1.165) is 44.4 Å². The van der Waals surface area contributed by atoms with E-state index < -0.39 is 0 Å². The predicted molar refractivity (Wildman–Crippen MR) is 112 cm³/mol. The molecule has 0 unspecified atom stereocenters. The van der Waals surface area contributed by atoms with Crippen LogP contribution in [0.2, 0.25) is 0 Å². The molecule has 0 aromatic carbocycles. The minimum absolute atomic E-state index is 0.0352. The SMILES string of the molecule is CC(=O)OCC(=O)[C@H]1CC[C@H]2[C@@H]3CC[C@@H]4C[C@H](OC(C)=O)CC[C@]4(C)[C@H]3CC[C@]12C.